The summed E-state index contributed by atoms with van der Waals surface area (Å²) in [5, 5.41) is 9.94. The van der Waals surface area contributed by atoms with Gasteiger partial charge in [-0.15, -0.1) is 0 Å². The number of allylic oxidation sites excluding steroid dienone is 1. The van der Waals surface area contributed by atoms with Crippen molar-refractivity contribution in [2.24, 2.45) is 5.73 Å². The largest absolute Gasteiger partial charge is 0.497 e. The molecule has 2 N–H and O–H groups in total. The van der Waals surface area contributed by atoms with Gasteiger partial charge in [0, 0.05) is 17.7 Å². The Morgan fingerprint density at radius 3 is 2.50 bits per heavy atom. The highest BCUT2D eigenvalue weighted by molar-refractivity contribution is 5.88. The molecule has 4 rings (SSSR count). The fraction of sp³-hybridized carbons (Fsp3) is 0.250. The van der Waals surface area contributed by atoms with Crippen LogP contribution in [0.1, 0.15) is 49.3 Å². The number of carbonyl (C=O) groups excluding carboxylic acids is 1. The second-order valence-corrected chi connectivity index (χ2v) is 8.99. The molecule has 3 aromatic carbocycles. The molecule has 1 atom stereocenters. The van der Waals surface area contributed by atoms with Crippen LogP contribution in [0.2, 0.25) is 0 Å². The molecule has 8 heteroatoms. The first kappa shape index (κ1) is 28.1. The lowest BCUT2D eigenvalue weighted by molar-refractivity contribution is -0.128. The zero-order valence-electron chi connectivity index (χ0n) is 22.8. The zero-order chi connectivity index (χ0) is 28.5. The van der Waals surface area contributed by atoms with E-state index in [4.69, 9.17) is 29.4 Å². The van der Waals surface area contributed by atoms with Crippen LogP contribution in [0.4, 0.5) is 0 Å². The molecule has 0 fully saturated rings. The first-order valence-electron chi connectivity index (χ1n) is 13.1. The fourth-order valence-electron chi connectivity index (χ4n) is 4.29. The van der Waals surface area contributed by atoms with E-state index in [1.165, 1.54) is 6.08 Å². The van der Waals surface area contributed by atoms with E-state index < -0.39 is 11.9 Å². The van der Waals surface area contributed by atoms with Crippen molar-refractivity contribution < 1.29 is 28.5 Å². The summed E-state index contributed by atoms with van der Waals surface area (Å²) in [5.74, 6) is 1.58. The number of nitrogens with two attached hydrogens (primary N) is 1. The van der Waals surface area contributed by atoms with Crippen molar-refractivity contribution in [3.8, 4) is 34.8 Å². The third kappa shape index (κ3) is 6.56. The van der Waals surface area contributed by atoms with Gasteiger partial charge in [0.05, 0.1) is 26.2 Å². The van der Waals surface area contributed by atoms with Crippen molar-refractivity contribution in [3.05, 3.63) is 94.9 Å². The van der Waals surface area contributed by atoms with Gasteiger partial charge in [0.25, 0.3) is 0 Å². The third-order valence-corrected chi connectivity index (χ3v) is 6.29. The number of hydrogen-bond donors (Lipinski definition) is 1. The Bertz CT molecular complexity index is 1450. The molecule has 40 heavy (non-hydrogen) atoms. The topological polar surface area (TPSA) is 113 Å². The molecular weight excluding hydrogens is 508 g/mol. The van der Waals surface area contributed by atoms with Crippen molar-refractivity contribution in [1.29, 1.82) is 5.26 Å². The number of benzene rings is 3. The quantitative estimate of drug-likeness (QED) is 0.134. The molecule has 0 radical (unpaired) electrons. The number of carbonyl (C=O) groups is 1. The number of esters is 1. The summed E-state index contributed by atoms with van der Waals surface area (Å²) in [6, 6.07) is 20.1. The molecule has 8 nitrogen and oxygen atoms in total. The maximum Gasteiger partial charge on any atom is 0.336 e. The second-order valence-electron chi connectivity index (χ2n) is 8.99. The molecule has 0 bridgehead atoms. The Morgan fingerprint density at radius 2 is 1.80 bits per heavy atom. The third-order valence-electron chi connectivity index (χ3n) is 6.29. The number of methoxy groups -OCH3 is 1. The fourth-order valence-corrected chi connectivity index (χ4v) is 4.29. The summed E-state index contributed by atoms with van der Waals surface area (Å²) in [6.45, 7) is 5.05. The van der Waals surface area contributed by atoms with E-state index in [2.05, 4.69) is 13.0 Å². The zero-order valence-corrected chi connectivity index (χ0v) is 22.8. The maximum atomic E-state index is 12.5. The van der Waals surface area contributed by atoms with Crippen LogP contribution in [0.3, 0.4) is 0 Å². The Kier molecular flexibility index (Phi) is 9.31. The van der Waals surface area contributed by atoms with Crippen molar-refractivity contribution in [2.45, 2.75) is 32.6 Å². The van der Waals surface area contributed by atoms with Gasteiger partial charge < -0.3 is 29.4 Å². The summed E-state index contributed by atoms with van der Waals surface area (Å²) in [5.41, 5.74) is 8.78. The van der Waals surface area contributed by atoms with Gasteiger partial charge in [-0.05, 0) is 60.9 Å². The standard InChI is InChI=1S/C32H32N2O6/c1-4-6-17-38-27-15-10-22(18-29(27)37-5-2)31-25-14-13-24(19-28(25)40-32(34)26(31)20-33)39-30(35)16-9-21-7-11-23(36-3)12-8-21/h7-16,18-19,31H,4-6,17,34H2,1-3H3/b16-9+. The molecule has 0 amide bonds. The van der Waals surface area contributed by atoms with Crippen LogP contribution in [0.5, 0.6) is 28.7 Å². The monoisotopic (exact) mass is 540 g/mol. The van der Waals surface area contributed by atoms with E-state index in [1.807, 2.05) is 37.3 Å². The number of hydrogen-bond acceptors (Lipinski definition) is 8. The Hall–Kier alpha value is -4.90. The summed E-state index contributed by atoms with van der Waals surface area (Å²) >= 11 is 0. The van der Waals surface area contributed by atoms with Gasteiger partial charge >= 0.3 is 5.97 Å². The van der Waals surface area contributed by atoms with E-state index >= 15 is 0 Å². The summed E-state index contributed by atoms with van der Waals surface area (Å²) in [6.07, 6.45) is 4.94. The smallest absolute Gasteiger partial charge is 0.336 e. The summed E-state index contributed by atoms with van der Waals surface area (Å²) < 4.78 is 28.2. The van der Waals surface area contributed by atoms with Crippen LogP contribution in [-0.4, -0.2) is 26.3 Å². The van der Waals surface area contributed by atoms with Gasteiger partial charge in [-0.3, -0.25) is 0 Å². The molecule has 1 aliphatic rings. The molecule has 0 aliphatic carbocycles. The number of fused-ring (bicyclic) bond motifs is 1. The normalized spacial score (nSPS) is 14.2. The highest BCUT2D eigenvalue weighted by atomic mass is 16.5. The van der Waals surface area contributed by atoms with Crippen LogP contribution in [0.25, 0.3) is 6.08 Å². The van der Waals surface area contributed by atoms with Gasteiger partial charge in [0.1, 0.15) is 28.9 Å². The lowest BCUT2D eigenvalue weighted by atomic mass is 9.83. The van der Waals surface area contributed by atoms with Crippen LogP contribution in [-0.2, 0) is 4.79 Å². The van der Waals surface area contributed by atoms with E-state index in [0.717, 1.165) is 29.7 Å². The molecule has 206 valence electrons. The average Bonchev–Trinajstić information content (AvgIpc) is 2.96. The van der Waals surface area contributed by atoms with Crippen molar-refractivity contribution in [3.63, 3.8) is 0 Å². The first-order valence-corrected chi connectivity index (χ1v) is 13.1. The molecular formula is C32H32N2O6. The van der Waals surface area contributed by atoms with E-state index in [9.17, 15) is 10.1 Å². The molecule has 1 heterocycles. The second kappa shape index (κ2) is 13.3. The molecule has 0 saturated carbocycles. The minimum absolute atomic E-state index is 0.0101. The predicted octanol–water partition coefficient (Wildman–Crippen LogP) is 6.11. The average molecular weight is 541 g/mol. The lowest BCUT2D eigenvalue weighted by Crippen LogP contribution is -2.21. The van der Waals surface area contributed by atoms with E-state index in [1.54, 1.807) is 43.5 Å². The number of nitrogens with zero attached hydrogens (tertiary/aromatic N) is 1. The van der Waals surface area contributed by atoms with Gasteiger partial charge in [0.2, 0.25) is 5.88 Å². The molecule has 0 saturated heterocycles. The van der Waals surface area contributed by atoms with Gasteiger partial charge in [-0.1, -0.05) is 37.6 Å². The van der Waals surface area contributed by atoms with Crippen LogP contribution >= 0.6 is 0 Å². The molecule has 1 unspecified atom stereocenters. The van der Waals surface area contributed by atoms with Gasteiger partial charge in [0.15, 0.2) is 11.5 Å². The number of rotatable bonds is 11. The first-order chi connectivity index (χ1) is 19.5. The molecule has 0 aromatic heterocycles. The molecule has 0 spiro atoms. The Morgan fingerprint density at radius 1 is 1.02 bits per heavy atom. The van der Waals surface area contributed by atoms with E-state index in [-0.39, 0.29) is 17.2 Å². The lowest BCUT2D eigenvalue weighted by Gasteiger charge is -2.27. The minimum atomic E-state index is -0.552. The number of ether oxygens (including phenoxy) is 5. The SMILES string of the molecule is CCCCOc1ccc(C2C(C#N)=C(N)Oc3cc(OC(=O)/C=C/c4ccc(OC)cc4)ccc32)cc1OCC. The van der Waals surface area contributed by atoms with Crippen LogP contribution in [0.15, 0.2) is 78.2 Å². The van der Waals surface area contributed by atoms with Gasteiger partial charge in [-0.2, -0.15) is 5.26 Å². The number of nitriles is 1. The van der Waals surface area contributed by atoms with Crippen molar-refractivity contribution >= 4 is 12.0 Å². The van der Waals surface area contributed by atoms with Crippen molar-refractivity contribution in [2.75, 3.05) is 20.3 Å². The minimum Gasteiger partial charge on any atom is -0.497 e. The Balaban J connectivity index is 1.59. The highest BCUT2D eigenvalue weighted by Crippen LogP contribution is 2.45. The number of unbranched alkanes of at least 4 members (excludes halogenated alkanes) is 1. The van der Waals surface area contributed by atoms with E-state index in [0.29, 0.717) is 36.0 Å². The summed E-state index contributed by atoms with van der Waals surface area (Å²) in [7, 11) is 1.59. The highest BCUT2D eigenvalue weighted by Gasteiger charge is 2.31. The Labute approximate surface area is 234 Å². The van der Waals surface area contributed by atoms with Crippen LogP contribution < -0.4 is 29.4 Å². The predicted molar refractivity (Wildman–Crippen MR) is 151 cm³/mol. The maximum absolute atomic E-state index is 12.5. The molecule has 1 aliphatic heterocycles. The van der Waals surface area contributed by atoms with Crippen LogP contribution in [0, 0.1) is 11.3 Å². The molecule has 3 aromatic rings. The van der Waals surface area contributed by atoms with Crippen molar-refractivity contribution in [1.82, 2.24) is 0 Å². The summed E-state index contributed by atoms with van der Waals surface area (Å²) in [4.78, 5) is 12.5. The van der Waals surface area contributed by atoms with Gasteiger partial charge in [-0.25, -0.2) is 4.79 Å².